The van der Waals surface area contributed by atoms with Crippen molar-refractivity contribution in [2.24, 2.45) is 0 Å². The Morgan fingerprint density at radius 1 is 1.57 bits per heavy atom. The van der Waals surface area contributed by atoms with Gasteiger partial charge in [-0.15, -0.1) is 0 Å². The van der Waals surface area contributed by atoms with Gasteiger partial charge in [-0.05, 0) is 40.2 Å². The first-order valence-electron chi connectivity index (χ1n) is 4.77. The quantitative estimate of drug-likeness (QED) is 0.856. The van der Waals surface area contributed by atoms with Crippen LogP contribution in [-0.4, -0.2) is 22.5 Å². The number of nitrogens with one attached hydrogen (secondary N) is 1. The van der Waals surface area contributed by atoms with E-state index in [0.717, 1.165) is 16.8 Å². The maximum Gasteiger partial charge on any atom is 0.106 e. The van der Waals surface area contributed by atoms with Crippen LogP contribution in [0.25, 0.3) is 0 Å². The molecule has 1 fully saturated rings. The van der Waals surface area contributed by atoms with Crippen LogP contribution >= 0.6 is 27.7 Å². The molecule has 0 aromatic carbocycles. The molecule has 0 saturated carbocycles. The minimum absolute atomic E-state index is 0.681. The van der Waals surface area contributed by atoms with Gasteiger partial charge in [0.05, 0.1) is 5.69 Å². The van der Waals surface area contributed by atoms with Crippen molar-refractivity contribution in [3.05, 3.63) is 28.5 Å². The number of thioether (sulfide) groups is 1. The Bertz CT molecular complexity index is 300. The second kappa shape index (κ2) is 5.14. The molecule has 1 saturated heterocycles. The molecule has 0 amide bonds. The fraction of sp³-hybridized carbons (Fsp3) is 0.500. The van der Waals surface area contributed by atoms with Crippen LogP contribution in [0.2, 0.25) is 0 Å². The van der Waals surface area contributed by atoms with Crippen molar-refractivity contribution in [1.29, 1.82) is 0 Å². The molecule has 1 unspecified atom stereocenters. The van der Waals surface area contributed by atoms with Crippen LogP contribution in [0.4, 0.5) is 0 Å². The molecule has 1 aliphatic heterocycles. The number of aromatic nitrogens is 1. The molecular formula is C10H13BrN2S. The van der Waals surface area contributed by atoms with Gasteiger partial charge in [-0.3, -0.25) is 0 Å². The predicted molar refractivity (Wildman–Crippen MR) is 64.5 cm³/mol. The summed E-state index contributed by atoms with van der Waals surface area (Å²) < 4.78 is 0.914. The number of hydrogen-bond acceptors (Lipinski definition) is 3. The van der Waals surface area contributed by atoms with E-state index in [9.17, 15) is 0 Å². The first-order chi connectivity index (χ1) is 6.84. The van der Waals surface area contributed by atoms with Gasteiger partial charge in [0.2, 0.25) is 0 Å². The molecule has 1 N–H and O–H groups in total. The van der Waals surface area contributed by atoms with E-state index in [1.807, 2.05) is 23.9 Å². The summed E-state index contributed by atoms with van der Waals surface area (Å²) in [4.78, 5) is 4.38. The molecule has 1 atom stereocenters. The number of halogens is 1. The standard InChI is InChI=1S/C10H13BrN2S/c11-10-3-1-2-8(13-10)6-12-9-4-5-14-7-9/h1-3,9,12H,4-7H2. The monoisotopic (exact) mass is 272 g/mol. The van der Waals surface area contributed by atoms with E-state index in [4.69, 9.17) is 0 Å². The number of nitrogens with zero attached hydrogens (tertiary/aromatic N) is 1. The van der Waals surface area contributed by atoms with Crippen molar-refractivity contribution in [3.63, 3.8) is 0 Å². The predicted octanol–water partition coefficient (Wildman–Crippen LogP) is 2.44. The zero-order valence-corrected chi connectivity index (χ0v) is 10.3. The summed E-state index contributed by atoms with van der Waals surface area (Å²) in [6.07, 6.45) is 1.29. The van der Waals surface area contributed by atoms with E-state index in [1.165, 1.54) is 17.9 Å². The van der Waals surface area contributed by atoms with Crippen LogP contribution in [0.1, 0.15) is 12.1 Å². The lowest BCUT2D eigenvalue weighted by molar-refractivity contribution is 0.551. The van der Waals surface area contributed by atoms with Crippen LogP contribution in [-0.2, 0) is 6.54 Å². The first kappa shape index (κ1) is 10.5. The van der Waals surface area contributed by atoms with E-state index >= 15 is 0 Å². The Kier molecular flexibility index (Phi) is 3.84. The summed E-state index contributed by atoms with van der Waals surface area (Å²) in [5.74, 6) is 2.54. The highest BCUT2D eigenvalue weighted by Gasteiger charge is 2.14. The Morgan fingerprint density at radius 3 is 3.21 bits per heavy atom. The maximum absolute atomic E-state index is 4.38. The van der Waals surface area contributed by atoms with Gasteiger partial charge in [0.25, 0.3) is 0 Å². The lowest BCUT2D eigenvalue weighted by Gasteiger charge is -2.10. The molecule has 1 aromatic rings. The summed E-state index contributed by atoms with van der Waals surface area (Å²) in [6.45, 7) is 0.880. The third-order valence-corrected chi connectivity index (χ3v) is 3.88. The van der Waals surface area contributed by atoms with Crippen LogP contribution in [0.15, 0.2) is 22.8 Å². The third-order valence-electron chi connectivity index (χ3n) is 2.27. The SMILES string of the molecule is Brc1cccc(CNC2CCSC2)n1. The Hall–Kier alpha value is -0.0600. The van der Waals surface area contributed by atoms with E-state index in [-0.39, 0.29) is 0 Å². The zero-order chi connectivity index (χ0) is 9.80. The first-order valence-corrected chi connectivity index (χ1v) is 6.72. The average Bonchev–Trinajstić information content (AvgIpc) is 2.67. The molecule has 2 rings (SSSR count). The highest BCUT2D eigenvalue weighted by molar-refractivity contribution is 9.10. The number of rotatable bonds is 3. The largest absolute Gasteiger partial charge is 0.308 e. The summed E-state index contributed by atoms with van der Waals surface area (Å²) in [6, 6.07) is 6.72. The van der Waals surface area contributed by atoms with Crippen LogP contribution in [0.5, 0.6) is 0 Å². The molecule has 0 aliphatic carbocycles. The number of pyridine rings is 1. The molecule has 1 aromatic heterocycles. The average molecular weight is 273 g/mol. The maximum atomic E-state index is 4.38. The van der Waals surface area contributed by atoms with Gasteiger partial charge in [0, 0.05) is 18.3 Å². The molecule has 0 radical (unpaired) electrons. The Morgan fingerprint density at radius 2 is 2.50 bits per heavy atom. The molecule has 0 spiro atoms. The van der Waals surface area contributed by atoms with Crippen molar-refractivity contribution in [2.75, 3.05) is 11.5 Å². The lowest BCUT2D eigenvalue weighted by atomic mass is 10.2. The Balaban J connectivity index is 1.85. The second-order valence-electron chi connectivity index (χ2n) is 3.39. The molecule has 4 heteroatoms. The topological polar surface area (TPSA) is 24.9 Å². The summed E-state index contributed by atoms with van der Waals surface area (Å²) in [7, 11) is 0. The fourth-order valence-electron chi connectivity index (χ4n) is 1.49. The van der Waals surface area contributed by atoms with Gasteiger partial charge in [-0.25, -0.2) is 4.98 Å². The van der Waals surface area contributed by atoms with Crippen molar-refractivity contribution in [2.45, 2.75) is 19.0 Å². The molecule has 2 nitrogen and oxygen atoms in total. The summed E-state index contributed by atoms with van der Waals surface area (Å²) in [5.41, 5.74) is 1.11. The minimum Gasteiger partial charge on any atom is -0.308 e. The highest BCUT2D eigenvalue weighted by Crippen LogP contribution is 2.17. The molecule has 0 bridgehead atoms. The van der Waals surface area contributed by atoms with Crippen LogP contribution in [0.3, 0.4) is 0 Å². The summed E-state index contributed by atoms with van der Waals surface area (Å²) in [5, 5.41) is 3.52. The highest BCUT2D eigenvalue weighted by atomic mass is 79.9. The van der Waals surface area contributed by atoms with Crippen LogP contribution in [0, 0.1) is 0 Å². The van der Waals surface area contributed by atoms with Crippen molar-refractivity contribution in [3.8, 4) is 0 Å². The second-order valence-corrected chi connectivity index (χ2v) is 5.36. The molecule has 76 valence electrons. The van der Waals surface area contributed by atoms with Gasteiger partial charge in [-0.1, -0.05) is 6.07 Å². The van der Waals surface area contributed by atoms with E-state index in [2.05, 4.69) is 32.3 Å². The minimum atomic E-state index is 0.681. The van der Waals surface area contributed by atoms with Crippen LogP contribution < -0.4 is 5.32 Å². The van der Waals surface area contributed by atoms with E-state index in [1.54, 1.807) is 0 Å². The van der Waals surface area contributed by atoms with E-state index < -0.39 is 0 Å². The molecule has 14 heavy (non-hydrogen) atoms. The van der Waals surface area contributed by atoms with Gasteiger partial charge >= 0.3 is 0 Å². The van der Waals surface area contributed by atoms with Gasteiger partial charge < -0.3 is 5.32 Å². The Labute approximate surface area is 97.0 Å². The molecule has 2 heterocycles. The zero-order valence-electron chi connectivity index (χ0n) is 7.87. The lowest BCUT2D eigenvalue weighted by Crippen LogP contribution is -2.28. The van der Waals surface area contributed by atoms with Gasteiger partial charge in [-0.2, -0.15) is 11.8 Å². The third kappa shape index (κ3) is 2.97. The van der Waals surface area contributed by atoms with E-state index in [0.29, 0.717) is 6.04 Å². The summed E-state index contributed by atoms with van der Waals surface area (Å²) >= 11 is 5.40. The molecular weight excluding hydrogens is 260 g/mol. The smallest absolute Gasteiger partial charge is 0.106 e. The van der Waals surface area contributed by atoms with Crippen molar-refractivity contribution >= 4 is 27.7 Å². The van der Waals surface area contributed by atoms with Gasteiger partial charge in [0.15, 0.2) is 0 Å². The van der Waals surface area contributed by atoms with Gasteiger partial charge in [0.1, 0.15) is 4.60 Å². The molecule has 1 aliphatic rings. The normalized spacial score (nSPS) is 21.4. The number of hydrogen-bond donors (Lipinski definition) is 1. The van der Waals surface area contributed by atoms with Crippen molar-refractivity contribution in [1.82, 2.24) is 10.3 Å². The fourth-order valence-corrected chi connectivity index (χ4v) is 3.06. The van der Waals surface area contributed by atoms with Crippen molar-refractivity contribution < 1.29 is 0 Å².